The van der Waals surface area contributed by atoms with E-state index in [0.717, 1.165) is 43.1 Å². The van der Waals surface area contributed by atoms with Gasteiger partial charge >= 0.3 is 0 Å². The molecule has 6 nitrogen and oxygen atoms in total. The second-order valence-electron chi connectivity index (χ2n) is 6.42. The molecule has 0 unspecified atom stereocenters. The van der Waals surface area contributed by atoms with Crippen LogP contribution in [-0.4, -0.2) is 44.1 Å². The SMILES string of the molecule is CCNC(=NCc1ccc(N2CCNC(=O)C2)cc1)NC1CC=CC1.I. The van der Waals surface area contributed by atoms with Gasteiger partial charge < -0.3 is 20.9 Å². The third-order valence-corrected chi connectivity index (χ3v) is 4.45. The first-order valence-electron chi connectivity index (χ1n) is 9.05. The minimum atomic E-state index is 0. The first kappa shape index (κ1) is 20.5. The first-order chi connectivity index (χ1) is 12.2. The van der Waals surface area contributed by atoms with Crippen molar-refractivity contribution in [3.8, 4) is 0 Å². The van der Waals surface area contributed by atoms with Gasteiger partial charge in [0.15, 0.2) is 5.96 Å². The van der Waals surface area contributed by atoms with Gasteiger partial charge in [-0.05, 0) is 37.5 Å². The molecule has 26 heavy (non-hydrogen) atoms. The van der Waals surface area contributed by atoms with Gasteiger partial charge in [-0.25, -0.2) is 4.99 Å². The maximum Gasteiger partial charge on any atom is 0.239 e. The van der Waals surface area contributed by atoms with Crippen molar-refractivity contribution in [3.05, 3.63) is 42.0 Å². The summed E-state index contributed by atoms with van der Waals surface area (Å²) in [4.78, 5) is 18.3. The zero-order chi connectivity index (χ0) is 17.5. The normalized spacial score (nSPS) is 17.7. The van der Waals surface area contributed by atoms with Gasteiger partial charge in [-0.1, -0.05) is 24.3 Å². The molecule has 142 valence electrons. The predicted molar refractivity (Wildman–Crippen MR) is 117 cm³/mol. The molecular formula is C19H28IN5O. The van der Waals surface area contributed by atoms with Crippen molar-refractivity contribution in [2.24, 2.45) is 4.99 Å². The first-order valence-corrected chi connectivity index (χ1v) is 9.05. The molecule has 1 aliphatic carbocycles. The quantitative estimate of drug-likeness (QED) is 0.267. The maximum atomic E-state index is 11.5. The lowest BCUT2D eigenvalue weighted by atomic mass is 10.2. The van der Waals surface area contributed by atoms with Crippen molar-refractivity contribution in [2.45, 2.75) is 32.4 Å². The largest absolute Gasteiger partial charge is 0.360 e. The van der Waals surface area contributed by atoms with Gasteiger partial charge in [-0.3, -0.25) is 4.79 Å². The molecule has 3 N–H and O–H groups in total. The van der Waals surface area contributed by atoms with Crippen LogP contribution in [0.3, 0.4) is 0 Å². The van der Waals surface area contributed by atoms with Gasteiger partial charge in [0.1, 0.15) is 0 Å². The van der Waals surface area contributed by atoms with Crippen LogP contribution in [0.5, 0.6) is 0 Å². The lowest BCUT2D eigenvalue weighted by molar-refractivity contribution is -0.120. The number of nitrogens with one attached hydrogen (secondary N) is 3. The van der Waals surface area contributed by atoms with Gasteiger partial charge in [-0.2, -0.15) is 0 Å². The van der Waals surface area contributed by atoms with Crippen molar-refractivity contribution in [1.82, 2.24) is 16.0 Å². The number of carbonyl (C=O) groups excluding carboxylic acids is 1. The van der Waals surface area contributed by atoms with Crippen LogP contribution in [0.15, 0.2) is 41.4 Å². The fourth-order valence-corrected chi connectivity index (χ4v) is 3.09. The molecule has 0 radical (unpaired) electrons. The summed E-state index contributed by atoms with van der Waals surface area (Å²) >= 11 is 0. The average molecular weight is 469 g/mol. The van der Waals surface area contributed by atoms with E-state index >= 15 is 0 Å². The molecule has 0 atom stereocenters. The highest BCUT2D eigenvalue weighted by Gasteiger charge is 2.16. The number of hydrogen-bond donors (Lipinski definition) is 3. The molecular weight excluding hydrogens is 441 g/mol. The summed E-state index contributed by atoms with van der Waals surface area (Å²) < 4.78 is 0. The molecule has 7 heteroatoms. The lowest BCUT2D eigenvalue weighted by Crippen LogP contribution is -2.47. The molecule has 0 bridgehead atoms. The zero-order valence-corrected chi connectivity index (χ0v) is 17.5. The van der Waals surface area contributed by atoms with Crippen LogP contribution in [0.1, 0.15) is 25.3 Å². The molecule has 0 saturated carbocycles. The Kier molecular flexibility index (Phi) is 8.21. The van der Waals surface area contributed by atoms with E-state index in [0.29, 0.717) is 25.7 Å². The monoisotopic (exact) mass is 469 g/mol. The highest BCUT2D eigenvalue weighted by Crippen LogP contribution is 2.16. The maximum absolute atomic E-state index is 11.5. The van der Waals surface area contributed by atoms with Crippen LogP contribution in [0.4, 0.5) is 5.69 Å². The minimum Gasteiger partial charge on any atom is -0.360 e. The van der Waals surface area contributed by atoms with E-state index in [2.05, 4.69) is 64.2 Å². The number of benzene rings is 1. The van der Waals surface area contributed by atoms with Crippen LogP contribution in [0.25, 0.3) is 0 Å². The number of anilines is 1. The van der Waals surface area contributed by atoms with Gasteiger partial charge in [0.05, 0.1) is 13.1 Å². The summed E-state index contributed by atoms with van der Waals surface area (Å²) in [6, 6.07) is 8.78. The predicted octanol–water partition coefficient (Wildman–Crippen LogP) is 2.01. The van der Waals surface area contributed by atoms with E-state index in [1.807, 2.05) is 0 Å². The topological polar surface area (TPSA) is 68.8 Å². The number of amides is 1. The fraction of sp³-hybridized carbons (Fsp3) is 0.474. The summed E-state index contributed by atoms with van der Waals surface area (Å²) in [5.74, 6) is 0.954. The summed E-state index contributed by atoms with van der Waals surface area (Å²) in [7, 11) is 0. The van der Waals surface area contributed by atoms with Crippen LogP contribution >= 0.6 is 24.0 Å². The molecule has 1 saturated heterocycles. The number of rotatable bonds is 5. The van der Waals surface area contributed by atoms with Crippen molar-refractivity contribution in [2.75, 3.05) is 31.1 Å². The van der Waals surface area contributed by atoms with Gasteiger partial charge in [0, 0.05) is 31.4 Å². The Morgan fingerprint density at radius 3 is 2.65 bits per heavy atom. The lowest BCUT2D eigenvalue weighted by Gasteiger charge is -2.28. The number of nitrogens with zero attached hydrogens (tertiary/aromatic N) is 2. The molecule has 1 fully saturated rings. The van der Waals surface area contributed by atoms with Gasteiger partial charge in [-0.15, -0.1) is 24.0 Å². The van der Waals surface area contributed by atoms with E-state index in [9.17, 15) is 4.79 Å². The third-order valence-electron chi connectivity index (χ3n) is 4.45. The Hall–Kier alpha value is -1.77. The summed E-state index contributed by atoms with van der Waals surface area (Å²) in [6.45, 7) is 5.55. The number of guanidine groups is 1. The Labute approximate surface area is 172 Å². The summed E-state index contributed by atoms with van der Waals surface area (Å²) in [5, 5.41) is 9.64. The van der Waals surface area contributed by atoms with E-state index in [1.165, 1.54) is 0 Å². The zero-order valence-electron chi connectivity index (χ0n) is 15.2. The van der Waals surface area contributed by atoms with E-state index < -0.39 is 0 Å². The fourth-order valence-electron chi connectivity index (χ4n) is 3.09. The molecule has 1 aromatic carbocycles. The van der Waals surface area contributed by atoms with Crippen LogP contribution in [0, 0.1) is 0 Å². The Morgan fingerprint density at radius 2 is 2.00 bits per heavy atom. The summed E-state index contributed by atoms with van der Waals surface area (Å²) in [6.07, 6.45) is 6.53. The smallest absolute Gasteiger partial charge is 0.239 e. The number of piperazine rings is 1. The Morgan fingerprint density at radius 1 is 1.27 bits per heavy atom. The Balaban J connectivity index is 0.00000243. The number of halogens is 1. The molecule has 1 heterocycles. The minimum absolute atomic E-state index is 0. The molecule has 1 amide bonds. The second-order valence-corrected chi connectivity index (χ2v) is 6.42. The standard InChI is InChI=1S/C19H27N5O.HI/c1-2-20-19(23-16-5-3-4-6-16)22-13-15-7-9-17(10-8-15)24-12-11-21-18(25)14-24;/h3-4,7-10,16H,2,5-6,11-14H2,1H3,(H,21,25)(H2,20,22,23);1H. The number of aliphatic imine (C=N–C) groups is 1. The van der Waals surface area contributed by atoms with Gasteiger partial charge in [0.2, 0.25) is 5.91 Å². The van der Waals surface area contributed by atoms with Crippen molar-refractivity contribution >= 4 is 41.5 Å². The average Bonchev–Trinajstić information content (AvgIpc) is 3.13. The molecule has 3 rings (SSSR count). The third kappa shape index (κ3) is 5.89. The second kappa shape index (κ2) is 10.4. The van der Waals surface area contributed by atoms with E-state index in [4.69, 9.17) is 4.99 Å². The van der Waals surface area contributed by atoms with E-state index in [1.54, 1.807) is 0 Å². The van der Waals surface area contributed by atoms with E-state index in [-0.39, 0.29) is 29.9 Å². The molecule has 0 aromatic heterocycles. The van der Waals surface area contributed by atoms with Crippen molar-refractivity contribution < 1.29 is 4.79 Å². The van der Waals surface area contributed by atoms with Crippen molar-refractivity contribution in [3.63, 3.8) is 0 Å². The molecule has 2 aliphatic rings. The van der Waals surface area contributed by atoms with Crippen LogP contribution in [-0.2, 0) is 11.3 Å². The number of carbonyl (C=O) groups is 1. The highest BCUT2D eigenvalue weighted by molar-refractivity contribution is 14.0. The van der Waals surface area contributed by atoms with Crippen LogP contribution in [0.2, 0.25) is 0 Å². The molecule has 1 aliphatic heterocycles. The number of hydrogen-bond acceptors (Lipinski definition) is 3. The summed E-state index contributed by atoms with van der Waals surface area (Å²) in [5.41, 5.74) is 2.25. The molecule has 0 spiro atoms. The van der Waals surface area contributed by atoms with Gasteiger partial charge in [0.25, 0.3) is 0 Å². The Bertz CT molecular complexity index is 636. The molecule has 1 aromatic rings. The van der Waals surface area contributed by atoms with Crippen molar-refractivity contribution in [1.29, 1.82) is 0 Å². The highest BCUT2D eigenvalue weighted by atomic mass is 127. The van der Waals surface area contributed by atoms with Crippen LogP contribution < -0.4 is 20.9 Å².